The second-order valence-electron chi connectivity index (χ2n) is 4.85. The van der Waals surface area contributed by atoms with Gasteiger partial charge in [-0.3, -0.25) is 9.69 Å². The lowest BCUT2D eigenvalue weighted by molar-refractivity contribution is -0.139. The van der Waals surface area contributed by atoms with Crippen LogP contribution >= 0.6 is 0 Å². The zero-order valence-corrected chi connectivity index (χ0v) is 11.8. The van der Waals surface area contributed by atoms with Crippen LogP contribution in [0.5, 0.6) is 0 Å². The fraction of sp³-hybridized carbons (Fsp3) is 0.923. The van der Waals surface area contributed by atoms with Crippen molar-refractivity contribution in [1.82, 2.24) is 14.7 Å². The highest BCUT2D eigenvalue weighted by Crippen LogP contribution is 2.10. The third kappa shape index (κ3) is 3.96. The number of rotatable bonds is 6. The van der Waals surface area contributed by atoms with Crippen LogP contribution in [0, 0.1) is 0 Å². The predicted octanol–water partition coefficient (Wildman–Crippen LogP) is 0.881. The summed E-state index contributed by atoms with van der Waals surface area (Å²) < 4.78 is 0. The second kappa shape index (κ2) is 6.97. The first-order valence-corrected chi connectivity index (χ1v) is 6.81. The molecule has 0 bridgehead atoms. The van der Waals surface area contributed by atoms with Gasteiger partial charge in [-0.25, -0.2) is 0 Å². The number of hydrogen-bond acceptors (Lipinski definition) is 3. The molecule has 0 radical (unpaired) electrons. The van der Waals surface area contributed by atoms with Crippen molar-refractivity contribution in [3.05, 3.63) is 0 Å². The molecule has 0 spiro atoms. The SMILES string of the molecule is CCN(CC)CCCN1CCN(C)C(=O)C1C. The number of nitrogens with zero attached hydrogens (tertiary/aromatic N) is 3. The predicted molar refractivity (Wildman–Crippen MR) is 71.1 cm³/mol. The van der Waals surface area contributed by atoms with Crippen LogP contribution in [0.1, 0.15) is 27.2 Å². The minimum absolute atomic E-state index is 0.0606. The summed E-state index contributed by atoms with van der Waals surface area (Å²) in [5.74, 6) is 0.263. The average molecular weight is 241 g/mol. The van der Waals surface area contributed by atoms with E-state index < -0.39 is 0 Å². The Balaban J connectivity index is 2.30. The molecule has 0 saturated carbocycles. The summed E-state index contributed by atoms with van der Waals surface area (Å²) in [5.41, 5.74) is 0. The smallest absolute Gasteiger partial charge is 0.239 e. The van der Waals surface area contributed by atoms with Crippen LogP contribution in [-0.4, -0.2) is 73.0 Å². The van der Waals surface area contributed by atoms with Crippen molar-refractivity contribution < 1.29 is 4.79 Å². The third-order valence-corrected chi connectivity index (χ3v) is 3.82. The number of piperazine rings is 1. The Labute approximate surface area is 106 Å². The Morgan fingerprint density at radius 2 is 1.94 bits per heavy atom. The van der Waals surface area contributed by atoms with Crippen LogP contribution in [0.25, 0.3) is 0 Å². The van der Waals surface area contributed by atoms with Gasteiger partial charge in [0, 0.05) is 26.7 Å². The lowest BCUT2D eigenvalue weighted by atomic mass is 10.1. The number of amides is 1. The van der Waals surface area contributed by atoms with Gasteiger partial charge >= 0.3 is 0 Å². The number of likely N-dealkylation sites (N-methyl/N-ethyl adjacent to an activating group) is 1. The molecular weight excluding hydrogens is 214 g/mol. The van der Waals surface area contributed by atoms with E-state index in [0.29, 0.717) is 0 Å². The monoisotopic (exact) mass is 241 g/mol. The Kier molecular flexibility index (Phi) is 5.92. The summed E-state index contributed by atoms with van der Waals surface area (Å²) >= 11 is 0. The van der Waals surface area contributed by atoms with E-state index in [1.54, 1.807) is 0 Å². The van der Waals surface area contributed by atoms with Crippen LogP contribution in [0.4, 0.5) is 0 Å². The van der Waals surface area contributed by atoms with Crippen LogP contribution < -0.4 is 0 Å². The van der Waals surface area contributed by atoms with Gasteiger partial charge < -0.3 is 9.80 Å². The van der Waals surface area contributed by atoms with Crippen LogP contribution in [0.3, 0.4) is 0 Å². The summed E-state index contributed by atoms with van der Waals surface area (Å²) in [6.07, 6.45) is 1.16. The van der Waals surface area contributed by atoms with Crippen molar-refractivity contribution in [3.8, 4) is 0 Å². The summed E-state index contributed by atoms with van der Waals surface area (Å²) in [7, 11) is 1.89. The standard InChI is InChI=1S/C13H27N3O/c1-5-15(6-2)8-7-9-16-11-10-14(4)13(17)12(16)3/h12H,5-11H2,1-4H3. The molecule has 1 heterocycles. The summed E-state index contributed by atoms with van der Waals surface area (Å²) in [6.45, 7) is 12.7. The molecule has 4 heteroatoms. The summed E-state index contributed by atoms with van der Waals surface area (Å²) in [5, 5.41) is 0. The van der Waals surface area contributed by atoms with Gasteiger partial charge in [0.2, 0.25) is 5.91 Å². The summed E-state index contributed by atoms with van der Waals surface area (Å²) in [6, 6.07) is 0.0606. The zero-order chi connectivity index (χ0) is 12.8. The first kappa shape index (κ1) is 14.5. The van der Waals surface area contributed by atoms with E-state index >= 15 is 0 Å². The molecule has 4 nitrogen and oxygen atoms in total. The molecule has 1 unspecified atom stereocenters. The van der Waals surface area contributed by atoms with Crippen molar-refractivity contribution in [2.24, 2.45) is 0 Å². The highest BCUT2D eigenvalue weighted by atomic mass is 16.2. The molecule has 1 aliphatic rings. The van der Waals surface area contributed by atoms with Crippen LogP contribution in [0.15, 0.2) is 0 Å². The van der Waals surface area contributed by atoms with E-state index in [0.717, 1.165) is 45.7 Å². The van der Waals surface area contributed by atoms with Gasteiger partial charge in [-0.2, -0.15) is 0 Å². The van der Waals surface area contributed by atoms with E-state index in [9.17, 15) is 4.79 Å². The van der Waals surface area contributed by atoms with E-state index in [1.807, 2.05) is 18.9 Å². The molecule has 0 aromatic heterocycles. The Morgan fingerprint density at radius 1 is 1.29 bits per heavy atom. The lowest BCUT2D eigenvalue weighted by Gasteiger charge is -2.37. The quantitative estimate of drug-likeness (QED) is 0.691. The Morgan fingerprint density at radius 3 is 2.53 bits per heavy atom. The Bertz CT molecular complexity index is 241. The number of hydrogen-bond donors (Lipinski definition) is 0. The first-order valence-electron chi connectivity index (χ1n) is 6.81. The van der Waals surface area contributed by atoms with E-state index in [4.69, 9.17) is 0 Å². The zero-order valence-electron chi connectivity index (χ0n) is 11.8. The molecule has 0 N–H and O–H groups in total. The fourth-order valence-corrected chi connectivity index (χ4v) is 2.40. The molecule has 1 aliphatic heterocycles. The highest BCUT2D eigenvalue weighted by molar-refractivity contribution is 5.81. The van der Waals surface area contributed by atoms with Crippen molar-refractivity contribution in [1.29, 1.82) is 0 Å². The first-order chi connectivity index (χ1) is 8.10. The van der Waals surface area contributed by atoms with Gasteiger partial charge in [-0.05, 0) is 33.0 Å². The summed E-state index contributed by atoms with van der Waals surface area (Å²) in [4.78, 5) is 18.4. The van der Waals surface area contributed by atoms with Crippen molar-refractivity contribution in [2.45, 2.75) is 33.2 Å². The molecule has 1 rings (SSSR count). The number of carbonyl (C=O) groups is 1. The van der Waals surface area contributed by atoms with Crippen molar-refractivity contribution in [2.75, 3.05) is 46.3 Å². The van der Waals surface area contributed by atoms with E-state index in [1.165, 1.54) is 0 Å². The van der Waals surface area contributed by atoms with Gasteiger partial charge in [0.05, 0.1) is 6.04 Å². The largest absolute Gasteiger partial charge is 0.343 e. The van der Waals surface area contributed by atoms with Gasteiger partial charge in [0.1, 0.15) is 0 Å². The van der Waals surface area contributed by atoms with Crippen LogP contribution in [0.2, 0.25) is 0 Å². The van der Waals surface area contributed by atoms with Gasteiger partial charge in [0.25, 0.3) is 0 Å². The second-order valence-corrected chi connectivity index (χ2v) is 4.85. The molecule has 17 heavy (non-hydrogen) atoms. The molecular formula is C13H27N3O. The van der Waals surface area contributed by atoms with E-state index in [2.05, 4.69) is 23.6 Å². The highest BCUT2D eigenvalue weighted by Gasteiger charge is 2.28. The van der Waals surface area contributed by atoms with E-state index in [-0.39, 0.29) is 11.9 Å². The lowest BCUT2D eigenvalue weighted by Crippen LogP contribution is -2.54. The molecule has 1 fully saturated rings. The van der Waals surface area contributed by atoms with Gasteiger partial charge in [0.15, 0.2) is 0 Å². The third-order valence-electron chi connectivity index (χ3n) is 3.82. The minimum atomic E-state index is 0.0606. The molecule has 100 valence electrons. The van der Waals surface area contributed by atoms with Crippen molar-refractivity contribution in [3.63, 3.8) is 0 Å². The van der Waals surface area contributed by atoms with Gasteiger partial charge in [-0.15, -0.1) is 0 Å². The molecule has 1 saturated heterocycles. The fourth-order valence-electron chi connectivity index (χ4n) is 2.40. The van der Waals surface area contributed by atoms with Gasteiger partial charge in [-0.1, -0.05) is 13.8 Å². The Hall–Kier alpha value is -0.610. The maximum atomic E-state index is 11.8. The van der Waals surface area contributed by atoms with Crippen LogP contribution in [-0.2, 0) is 4.79 Å². The molecule has 1 amide bonds. The molecule has 0 aromatic carbocycles. The normalized spacial score (nSPS) is 22.5. The molecule has 0 aromatic rings. The topological polar surface area (TPSA) is 26.8 Å². The minimum Gasteiger partial charge on any atom is -0.343 e. The maximum Gasteiger partial charge on any atom is 0.239 e. The average Bonchev–Trinajstić information content (AvgIpc) is 2.34. The molecule has 1 atom stereocenters. The maximum absolute atomic E-state index is 11.8. The molecule has 0 aliphatic carbocycles. The number of carbonyl (C=O) groups excluding carboxylic acids is 1. The van der Waals surface area contributed by atoms with Crippen molar-refractivity contribution >= 4 is 5.91 Å².